The van der Waals surface area contributed by atoms with Crippen molar-refractivity contribution < 1.29 is 9.15 Å². The zero-order chi connectivity index (χ0) is 16.5. The van der Waals surface area contributed by atoms with Gasteiger partial charge in [0.05, 0.1) is 25.8 Å². The summed E-state index contributed by atoms with van der Waals surface area (Å²) in [4.78, 5) is 7.16. The van der Waals surface area contributed by atoms with Gasteiger partial charge in [0.15, 0.2) is 5.96 Å². The van der Waals surface area contributed by atoms with E-state index in [1.807, 2.05) is 13.0 Å². The summed E-state index contributed by atoms with van der Waals surface area (Å²) >= 11 is 0. The number of aliphatic imine (C=N–C) groups is 1. The SMILES string of the molecule is CCCNC(=NCC(c1ccc(C)o1)N1CCOCC1)NCC.I. The standard InChI is InChI=1S/C17H30N4O2.HI/c1-4-8-19-17(18-5-2)20-13-15(16-7-6-14(3)23-16)21-9-11-22-12-10-21;/h6-7,15H,4-5,8-13H2,1-3H3,(H2,18,19,20);1H. The maximum atomic E-state index is 5.88. The fourth-order valence-corrected chi connectivity index (χ4v) is 2.67. The number of furan rings is 1. The minimum atomic E-state index is 0. The summed E-state index contributed by atoms with van der Waals surface area (Å²) in [7, 11) is 0. The van der Waals surface area contributed by atoms with Crippen molar-refractivity contribution in [3.05, 3.63) is 23.7 Å². The summed E-state index contributed by atoms with van der Waals surface area (Å²) in [5.41, 5.74) is 0. The van der Waals surface area contributed by atoms with Gasteiger partial charge in [0.1, 0.15) is 11.5 Å². The number of aryl methyl sites for hydroxylation is 1. The summed E-state index contributed by atoms with van der Waals surface area (Å²) in [6.07, 6.45) is 1.08. The fraction of sp³-hybridized carbons (Fsp3) is 0.706. The van der Waals surface area contributed by atoms with E-state index in [1.54, 1.807) is 0 Å². The molecule has 0 bridgehead atoms. The van der Waals surface area contributed by atoms with E-state index in [4.69, 9.17) is 14.1 Å². The van der Waals surface area contributed by atoms with Crippen LogP contribution in [0.15, 0.2) is 21.5 Å². The topological polar surface area (TPSA) is 62.0 Å². The number of rotatable bonds is 7. The van der Waals surface area contributed by atoms with Crippen LogP contribution in [-0.2, 0) is 4.74 Å². The van der Waals surface area contributed by atoms with Crippen LogP contribution in [0.25, 0.3) is 0 Å². The van der Waals surface area contributed by atoms with Gasteiger partial charge >= 0.3 is 0 Å². The summed E-state index contributed by atoms with van der Waals surface area (Å²) in [6, 6.07) is 4.24. The predicted molar refractivity (Wildman–Crippen MR) is 108 cm³/mol. The average molecular weight is 450 g/mol. The third kappa shape index (κ3) is 6.60. The Bertz CT molecular complexity index is 487. The van der Waals surface area contributed by atoms with Gasteiger partial charge in [-0.05, 0) is 32.4 Å². The Morgan fingerprint density at radius 3 is 2.58 bits per heavy atom. The molecule has 1 aliphatic heterocycles. The van der Waals surface area contributed by atoms with Crippen molar-refractivity contribution in [3.8, 4) is 0 Å². The number of nitrogens with one attached hydrogen (secondary N) is 2. The Morgan fingerprint density at radius 2 is 2.00 bits per heavy atom. The van der Waals surface area contributed by atoms with Crippen LogP contribution in [0.1, 0.15) is 37.8 Å². The number of nitrogens with zero attached hydrogens (tertiary/aromatic N) is 2. The third-order valence-corrected chi connectivity index (χ3v) is 3.89. The maximum absolute atomic E-state index is 5.88. The molecule has 0 radical (unpaired) electrons. The van der Waals surface area contributed by atoms with Gasteiger partial charge in [-0.15, -0.1) is 24.0 Å². The molecule has 7 heteroatoms. The van der Waals surface area contributed by atoms with Crippen LogP contribution >= 0.6 is 24.0 Å². The minimum absolute atomic E-state index is 0. The van der Waals surface area contributed by atoms with Gasteiger partial charge in [-0.3, -0.25) is 9.89 Å². The molecule has 0 saturated carbocycles. The summed E-state index contributed by atoms with van der Waals surface area (Å²) in [5, 5.41) is 6.65. The van der Waals surface area contributed by atoms with Gasteiger partial charge in [-0.25, -0.2) is 0 Å². The van der Waals surface area contributed by atoms with E-state index in [-0.39, 0.29) is 30.0 Å². The molecule has 1 unspecified atom stereocenters. The molecule has 2 heterocycles. The zero-order valence-electron chi connectivity index (χ0n) is 15.0. The first kappa shape index (κ1) is 21.2. The largest absolute Gasteiger partial charge is 0.465 e. The predicted octanol–water partition coefficient (Wildman–Crippen LogP) is 2.54. The van der Waals surface area contributed by atoms with E-state index in [2.05, 4.69) is 35.4 Å². The molecule has 6 nitrogen and oxygen atoms in total. The van der Waals surface area contributed by atoms with E-state index >= 15 is 0 Å². The molecule has 2 N–H and O–H groups in total. The number of hydrogen-bond acceptors (Lipinski definition) is 4. The van der Waals surface area contributed by atoms with E-state index in [0.29, 0.717) is 6.54 Å². The highest BCUT2D eigenvalue weighted by atomic mass is 127. The molecule has 1 fully saturated rings. The van der Waals surface area contributed by atoms with Crippen LogP contribution in [0, 0.1) is 6.92 Å². The lowest BCUT2D eigenvalue weighted by molar-refractivity contribution is 0.0135. The van der Waals surface area contributed by atoms with Crippen molar-refractivity contribution in [2.75, 3.05) is 45.9 Å². The normalized spacial score (nSPS) is 17.2. The van der Waals surface area contributed by atoms with Crippen molar-refractivity contribution in [2.24, 2.45) is 4.99 Å². The third-order valence-electron chi connectivity index (χ3n) is 3.89. The second kappa shape index (κ2) is 11.7. The van der Waals surface area contributed by atoms with Gasteiger partial charge in [0.2, 0.25) is 0 Å². The molecule has 0 aliphatic carbocycles. The molecule has 1 aliphatic rings. The van der Waals surface area contributed by atoms with Crippen LogP contribution < -0.4 is 10.6 Å². The molecule has 1 aromatic rings. The number of morpholine rings is 1. The first-order valence-electron chi connectivity index (χ1n) is 8.65. The number of guanidine groups is 1. The highest BCUT2D eigenvalue weighted by molar-refractivity contribution is 14.0. The second-order valence-corrected chi connectivity index (χ2v) is 5.76. The lowest BCUT2D eigenvalue weighted by atomic mass is 10.1. The summed E-state index contributed by atoms with van der Waals surface area (Å²) in [5.74, 6) is 2.80. The number of halogens is 1. The zero-order valence-corrected chi connectivity index (χ0v) is 17.3. The van der Waals surface area contributed by atoms with Crippen molar-refractivity contribution in [2.45, 2.75) is 33.2 Å². The van der Waals surface area contributed by atoms with Gasteiger partial charge in [0, 0.05) is 26.2 Å². The Balaban J connectivity index is 0.00000288. The van der Waals surface area contributed by atoms with Gasteiger partial charge in [-0.2, -0.15) is 0 Å². The lowest BCUT2D eigenvalue weighted by Crippen LogP contribution is -2.41. The van der Waals surface area contributed by atoms with Gasteiger partial charge in [-0.1, -0.05) is 6.92 Å². The molecule has 0 spiro atoms. The molecule has 0 aromatic carbocycles. The molecule has 1 saturated heterocycles. The minimum Gasteiger partial charge on any atom is -0.465 e. The summed E-state index contributed by atoms with van der Waals surface area (Å²) in [6.45, 7) is 12.0. The molecular weight excluding hydrogens is 419 g/mol. The Hall–Kier alpha value is -0.800. The first-order valence-corrected chi connectivity index (χ1v) is 8.65. The molecule has 1 atom stereocenters. The molecular formula is C17H31IN4O2. The smallest absolute Gasteiger partial charge is 0.191 e. The molecule has 24 heavy (non-hydrogen) atoms. The molecule has 1 aromatic heterocycles. The Kier molecular flexibility index (Phi) is 10.4. The van der Waals surface area contributed by atoms with Crippen LogP contribution in [-0.4, -0.2) is 56.8 Å². The Morgan fingerprint density at radius 1 is 1.25 bits per heavy atom. The van der Waals surface area contributed by atoms with E-state index in [0.717, 1.165) is 63.3 Å². The first-order chi connectivity index (χ1) is 11.2. The van der Waals surface area contributed by atoms with Crippen LogP contribution in [0.3, 0.4) is 0 Å². The molecule has 2 rings (SSSR count). The van der Waals surface area contributed by atoms with Crippen molar-refractivity contribution in [1.29, 1.82) is 0 Å². The lowest BCUT2D eigenvalue weighted by Gasteiger charge is -2.32. The van der Waals surface area contributed by atoms with E-state index < -0.39 is 0 Å². The van der Waals surface area contributed by atoms with Crippen molar-refractivity contribution >= 4 is 29.9 Å². The average Bonchev–Trinajstić information content (AvgIpc) is 3.00. The number of ether oxygens (including phenoxy) is 1. The van der Waals surface area contributed by atoms with Crippen molar-refractivity contribution in [3.63, 3.8) is 0 Å². The highest BCUT2D eigenvalue weighted by Crippen LogP contribution is 2.24. The second-order valence-electron chi connectivity index (χ2n) is 5.76. The fourth-order valence-electron chi connectivity index (χ4n) is 2.67. The number of hydrogen-bond donors (Lipinski definition) is 2. The maximum Gasteiger partial charge on any atom is 0.191 e. The van der Waals surface area contributed by atoms with Crippen LogP contribution in [0.4, 0.5) is 0 Å². The van der Waals surface area contributed by atoms with Gasteiger partial charge in [0.25, 0.3) is 0 Å². The molecule has 0 amide bonds. The van der Waals surface area contributed by atoms with Crippen molar-refractivity contribution in [1.82, 2.24) is 15.5 Å². The summed E-state index contributed by atoms with van der Waals surface area (Å²) < 4.78 is 11.4. The molecule has 138 valence electrons. The van der Waals surface area contributed by atoms with Crippen LogP contribution in [0.2, 0.25) is 0 Å². The van der Waals surface area contributed by atoms with E-state index in [9.17, 15) is 0 Å². The highest BCUT2D eigenvalue weighted by Gasteiger charge is 2.25. The van der Waals surface area contributed by atoms with Gasteiger partial charge < -0.3 is 19.8 Å². The van der Waals surface area contributed by atoms with Crippen LogP contribution in [0.5, 0.6) is 0 Å². The quantitative estimate of drug-likeness (QED) is 0.380. The Labute approximate surface area is 162 Å². The van der Waals surface area contributed by atoms with E-state index in [1.165, 1.54) is 0 Å². The monoisotopic (exact) mass is 450 g/mol.